The Morgan fingerprint density at radius 2 is 1.75 bits per heavy atom. The van der Waals surface area contributed by atoms with E-state index in [4.69, 9.17) is 15.2 Å². The lowest BCUT2D eigenvalue weighted by Gasteiger charge is -2.18. The standard InChI is InChI=1S/C14H22N2O3.ClH/c1-5-9(2)13(15)14(17)16-10-6-11(18-3)8-12(7-10)19-4;/h6-9,13H,5,15H2,1-4H3,(H,16,17);1H. The minimum absolute atomic E-state index is 0. The number of ether oxygens (including phenoxy) is 2. The third-order valence-electron chi connectivity index (χ3n) is 3.18. The highest BCUT2D eigenvalue weighted by molar-refractivity contribution is 5.95. The Kier molecular flexibility index (Phi) is 8.03. The second-order valence-electron chi connectivity index (χ2n) is 4.50. The average molecular weight is 303 g/mol. The third kappa shape index (κ3) is 4.90. The van der Waals surface area contributed by atoms with E-state index >= 15 is 0 Å². The number of amides is 1. The quantitative estimate of drug-likeness (QED) is 0.846. The molecule has 0 saturated carbocycles. The van der Waals surface area contributed by atoms with Crippen molar-refractivity contribution in [2.24, 2.45) is 11.7 Å². The predicted octanol–water partition coefficient (Wildman–Crippen LogP) is 2.44. The van der Waals surface area contributed by atoms with E-state index in [0.29, 0.717) is 17.2 Å². The molecular formula is C14H23ClN2O3. The van der Waals surface area contributed by atoms with Gasteiger partial charge in [0.1, 0.15) is 11.5 Å². The topological polar surface area (TPSA) is 73.6 Å². The molecule has 1 rings (SSSR count). The molecule has 3 N–H and O–H groups in total. The number of methoxy groups -OCH3 is 2. The number of rotatable bonds is 6. The Hall–Kier alpha value is -1.46. The molecule has 20 heavy (non-hydrogen) atoms. The van der Waals surface area contributed by atoms with Crippen molar-refractivity contribution in [3.8, 4) is 11.5 Å². The van der Waals surface area contributed by atoms with Gasteiger partial charge >= 0.3 is 0 Å². The lowest BCUT2D eigenvalue weighted by Crippen LogP contribution is -2.40. The van der Waals surface area contributed by atoms with Gasteiger partial charge in [-0.1, -0.05) is 20.3 Å². The molecule has 0 heterocycles. The molecule has 0 spiro atoms. The van der Waals surface area contributed by atoms with Gasteiger partial charge in [0.25, 0.3) is 0 Å². The lowest BCUT2D eigenvalue weighted by atomic mass is 9.99. The van der Waals surface area contributed by atoms with E-state index < -0.39 is 6.04 Å². The zero-order valence-electron chi connectivity index (χ0n) is 12.3. The number of hydrogen-bond donors (Lipinski definition) is 2. The Labute approximate surface area is 126 Å². The van der Waals surface area contributed by atoms with Gasteiger partial charge in [0.2, 0.25) is 5.91 Å². The van der Waals surface area contributed by atoms with Crippen LogP contribution in [0.2, 0.25) is 0 Å². The van der Waals surface area contributed by atoms with Crippen molar-refractivity contribution in [1.82, 2.24) is 0 Å². The van der Waals surface area contributed by atoms with E-state index in [1.54, 1.807) is 32.4 Å². The molecule has 0 aromatic heterocycles. The van der Waals surface area contributed by atoms with E-state index in [9.17, 15) is 4.79 Å². The highest BCUT2D eigenvalue weighted by Crippen LogP contribution is 2.26. The van der Waals surface area contributed by atoms with Gasteiger partial charge < -0.3 is 20.5 Å². The highest BCUT2D eigenvalue weighted by atomic mass is 35.5. The SMILES string of the molecule is CCC(C)C(N)C(=O)Nc1cc(OC)cc(OC)c1.Cl. The zero-order chi connectivity index (χ0) is 14.4. The first-order valence-corrected chi connectivity index (χ1v) is 6.31. The Bertz CT molecular complexity index is 418. The zero-order valence-corrected chi connectivity index (χ0v) is 13.1. The second kappa shape index (κ2) is 8.66. The highest BCUT2D eigenvalue weighted by Gasteiger charge is 2.19. The number of benzene rings is 1. The van der Waals surface area contributed by atoms with Crippen LogP contribution in [0.25, 0.3) is 0 Å². The van der Waals surface area contributed by atoms with Crippen LogP contribution >= 0.6 is 12.4 Å². The molecule has 0 saturated heterocycles. The normalized spacial score (nSPS) is 12.8. The number of carbonyl (C=O) groups excluding carboxylic acids is 1. The minimum Gasteiger partial charge on any atom is -0.497 e. The summed E-state index contributed by atoms with van der Waals surface area (Å²) >= 11 is 0. The fraction of sp³-hybridized carbons (Fsp3) is 0.500. The van der Waals surface area contributed by atoms with Gasteiger partial charge in [-0.3, -0.25) is 4.79 Å². The van der Waals surface area contributed by atoms with Crippen LogP contribution in [-0.2, 0) is 4.79 Å². The summed E-state index contributed by atoms with van der Waals surface area (Å²) in [6, 6.07) is 4.67. The van der Waals surface area contributed by atoms with Crippen molar-refractivity contribution in [2.45, 2.75) is 26.3 Å². The summed E-state index contributed by atoms with van der Waals surface area (Å²) in [6.07, 6.45) is 0.857. The largest absolute Gasteiger partial charge is 0.497 e. The van der Waals surface area contributed by atoms with Crippen LogP contribution in [0.5, 0.6) is 11.5 Å². The summed E-state index contributed by atoms with van der Waals surface area (Å²) in [5.41, 5.74) is 6.50. The van der Waals surface area contributed by atoms with Crippen LogP contribution in [-0.4, -0.2) is 26.2 Å². The molecule has 0 fully saturated rings. The van der Waals surface area contributed by atoms with Crippen LogP contribution in [0.3, 0.4) is 0 Å². The van der Waals surface area contributed by atoms with Gasteiger partial charge in [-0.25, -0.2) is 0 Å². The number of nitrogens with one attached hydrogen (secondary N) is 1. The molecule has 0 aliphatic carbocycles. The van der Waals surface area contributed by atoms with Crippen LogP contribution in [0.4, 0.5) is 5.69 Å². The fourth-order valence-corrected chi connectivity index (χ4v) is 1.62. The summed E-state index contributed by atoms with van der Waals surface area (Å²) in [4.78, 5) is 12.0. The third-order valence-corrected chi connectivity index (χ3v) is 3.18. The van der Waals surface area contributed by atoms with Gasteiger partial charge in [-0.15, -0.1) is 12.4 Å². The van der Waals surface area contributed by atoms with Crippen molar-refractivity contribution >= 4 is 24.0 Å². The Morgan fingerprint density at radius 3 is 2.15 bits per heavy atom. The van der Waals surface area contributed by atoms with E-state index in [0.717, 1.165) is 6.42 Å². The van der Waals surface area contributed by atoms with Crippen LogP contribution in [0.1, 0.15) is 20.3 Å². The molecule has 6 heteroatoms. The Balaban J connectivity index is 0.00000361. The van der Waals surface area contributed by atoms with Crippen LogP contribution in [0, 0.1) is 5.92 Å². The molecule has 5 nitrogen and oxygen atoms in total. The Morgan fingerprint density at radius 1 is 1.25 bits per heavy atom. The molecule has 0 aliphatic heterocycles. The number of anilines is 1. The first kappa shape index (κ1) is 18.5. The van der Waals surface area contributed by atoms with Gasteiger partial charge in [0, 0.05) is 23.9 Å². The molecule has 1 aromatic rings. The maximum absolute atomic E-state index is 12.0. The van der Waals surface area contributed by atoms with Crippen molar-refractivity contribution in [3.63, 3.8) is 0 Å². The molecular weight excluding hydrogens is 280 g/mol. The summed E-state index contributed by atoms with van der Waals surface area (Å²) in [6.45, 7) is 3.96. The van der Waals surface area contributed by atoms with Crippen molar-refractivity contribution in [2.75, 3.05) is 19.5 Å². The smallest absolute Gasteiger partial charge is 0.241 e. The fourth-order valence-electron chi connectivity index (χ4n) is 1.62. The maximum atomic E-state index is 12.0. The number of hydrogen-bond acceptors (Lipinski definition) is 4. The first-order valence-electron chi connectivity index (χ1n) is 6.31. The molecule has 0 aliphatic rings. The summed E-state index contributed by atoms with van der Waals surface area (Å²) in [5, 5.41) is 2.78. The molecule has 2 atom stereocenters. The lowest BCUT2D eigenvalue weighted by molar-refractivity contribution is -0.118. The van der Waals surface area contributed by atoms with E-state index in [-0.39, 0.29) is 24.2 Å². The summed E-state index contributed by atoms with van der Waals surface area (Å²) in [7, 11) is 3.12. The van der Waals surface area contributed by atoms with Crippen LogP contribution in [0.15, 0.2) is 18.2 Å². The van der Waals surface area contributed by atoms with Crippen molar-refractivity contribution < 1.29 is 14.3 Å². The summed E-state index contributed by atoms with van der Waals surface area (Å²) in [5.74, 6) is 1.16. The second-order valence-corrected chi connectivity index (χ2v) is 4.50. The van der Waals surface area contributed by atoms with Crippen LogP contribution < -0.4 is 20.5 Å². The monoisotopic (exact) mass is 302 g/mol. The molecule has 114 valence electrons. The van der Waals surface area contributed by atoms with Gasteiger partial charge in [0.05, 0.1) is 20.3 Å². The molecule has 1 amide bonds. The van der Waals surface area contributed by atoms with Gasteiger partial charge in [0.15, 0.2) is 0 Å². The van der Waals surface area contributed by atoms with E-state index in [1.165, 1.54) is 0 Å². The predicted molar refractivity (Wildman–Crippen MR) is 82.9 cm³/mol. The first-order chi connectivity index (χ1) is 9.01. The van der Waals surface area contributed by atoms with Gasteiger partial charge in [-0.2, -0.15) is 0 Å². The number of halogens is 1. The van der Waals surface area contributed by atoms with Crippen molar-refractivity contribution in [1.29, 1.82) is 0 Å². The summed E-state index contributed by atoms with van der Waals surface area (Å²) < 4.78 is 10.3. The van der Waals surface area contributed by atoms with E-state index in [1.807, 2.05) is 13.8 Å². The minimum atomic E-state index is -0.526. The molecule has 1 aromatic carbocycles. The maximum Gasteiger partial charge on any atom is 0.241 e. The average Bonchev–Trinajstić information content (AvgIpc) is 2.44. The van der Waals surface area contributed by atoms with E-state index in [2.05, 4.69) is 5.32 Å². The number of nitrogens with two attached hydrogens (primary N) is 1. The number of carbonyl (C=O) groups is 1. The van der Waals surface area contributed by atoms with Crippen molar-refractivity contribution in [3.05, 3.63) is 18.2 Å². The molecule has 2 unspecified atom stereocenters. The van der Waals surface area contributed by atoms with Gasteiger partial charge in [-0.05, 0) is 5.92 Å². The molecule has 0 radical (unpaired) electrons. The molecule has 0 bridgehead atoms.